The molecule has 4 aromatic rings. The van der Waals surface area contributed by atoms with Gasteiger partial charge >= 0.3 is 0 Å². The molecule has 40 heavy (non-hydrogen) atoms. The van der Waals surface area contributed by atoms with Crippen LogP contribution in [0.5, 0.6) is 0 Å². The predicted molar refractivity (Wildman–Crippen MR) is 167 cm³/mol. The molecule has 1 aliphatic rings. The summed E-state index contributed by atoms with van der Waals surface area (Å²) in [6.45, 7) is 12.3. The maximum Gasteiger partial charge on any atom is 0.226 e. The quantitative estimate of drug-likeness (QED) is 0.239. The number of nitrogens with one attached hydrogen (secondary N) is 2. The van der Waals surface area contributed by atoms with Crippen molar-refractivity contribution in [2.45, 2.75) is 60.0 Å². The molecular weight excluding hydrogens is 514 g/mol. The van der Waals surface area contributed by atoms with Gasteiger partial charge in [0, 0.05) is 40.6 Å². The molecule has 6 nitrogen and oxygen atoms in total. The standard InChI is InChI=1S/C33H37N5OS/c1-7-24-11-13-25(14-12-24)37-22(5)19-27(23(37)6)31-30(29-10-8-9-17-34-29)36-33(40)38(31)26-15-16-28(21(4)18-26)35-32(39)20(2)3/h8-20,30-31H,7H2,1-6H3,(H,35,39)(H,36,40)/t30-,31-/m0/s1. The van der Waals surface area contributed by atoms with Gasteiger partial charge in [-0.15, -0.1) is 0 Å². The fourth-order valence-electron chi connectivity index (χ4n) is 5.53. The molecule has 0 saturated carbocycles. The van der Waals surface area contributed by atoms with Crippen molar-refractivity contribution >= 4 is 34.6 Å². The minimum absolute atomic E-state index is 0.00158. The lowest BCUT2D eigenvalue weighted by molar-refractivity contribution is -0.118. The minimum atomic E-state index is -0.134. The zero-order valence-electron chi connectivity index (χ0n) is 24.0. The van der Waals surface area contributed by atoms with E-state index < -0.39 is 0 Å². The number of carbonyl (C=O) groups is 1. The van der Waals surface area contributed by atoms with Crippen LogP contribution in [0.25, 0.3) is 5.69 Å². The van der Waals surface area contributed by atoms with Crippen LogP contribution < -0.4 is 15.5 Å². The lowest BCUT2D eigenvalue weighted by Crippen LogP contribution is -2.29. The summed E-state index contributed by atoms with van der Waals surface area (Å²) in [4.78, 5) is 19.3. The second-order valence-electron chi connectivity index (χ2n) is 10.8. The van der Waals surface area contributed by atoms with Crippen molar-refractivity contribution in [1.82, 2.24) is 14.9 Å². The van der Waals surface area contributed by atoms with Crippen LogP contribution in [0, 0.1) is 26.7 Å². The SMILES string of the molecule is CCc1ccc(-n2c(C)cc([C@H]3[C@H](c4ccccn4)NC(=S)N3c3ccc(NC(=O)C(C)C)c(C)c3)c2C)cc1. The van der Waals surface area contributed by atoms with Crippen molar-refractivity contribution in [3.63, 3.8) is 0 Å². The molecule has 1 aliphatic heterocycles. The van der Waals surface area contributed by atoms with E-state index in [1.54, 1.807) is 0 Å². The topological polar surface area (TPSA) is 62.2 Å². The summed E-state index contributed by atoms with van der Waals surface area (Å²) in [5.41, 5.74) is 9.69. The molecule has 0 radical (unpaired) electrons. The van der Waals surface area contributed by atoms with E-state index in [-0.39, 0.29) is 23.9 Å². The average Bonchev–Trinajstić information content (AvgIpc) is 3.44. The highest BCUT2D eigenvalue weighted by atomic mass is 32.1. The molecule has 2 atom stereocenters. The Morgan fingerprint density at radius 3 is 2.38 bits per heavy atom. The van der Waals surface area contributed by atoms with E-state index in [9.17, 15) is 4.79 Å². The second kappa shape index (κ2) is 11.3. The summed E-state index contributed by atoms with van der Waals surface area (Å²) in [5, 5.41) is 7.27. The molecule has 0 spiro atoms. The van der Waals surface area contributed by atoms with Gasteiger partial charge in [-0.25, -0.2) is 0 Å². The van der Waals surface area contributed by atoms with Gasteiger partial charge in [0.05, 0.1) is 17.8 Å². The van der Waals surface area contributed by atoms with Gasteiger partial charge in [0.15, 0.2) is 5.11 Å². The van der Waals surface area contributed by atoms with Gasteiger partial charge in [-0.2, -0.15) is 0 Å². The molecule has 0 unspecified atom stereocenters. The van der Waals surface area contributed by atoms with Crippen molar-refractivity contribution < 1.29 is 4.79 Å². The fourth-order valence-corrected chi connectivity index (χ4v) is 5.88. The van der Waals surface area contributed by atoms with Crippen molar-refractivity contribution in [2.24, 2.45) is 5.92 Å². The summed E-state index contributed by atoms with van der Waals surface area (Å²) >= 11 is 5.97. The molecule has 1 fully saturated rings. The third kappa shape index (κ3) is 5.13. The summed E-state index contributed by atoms with van der Waals surface area (Å²) in [7, 11) is 0. The number of thiocarbonyl (C=S) groups is 1. The zero-order valence-corrected chi connectivity index (χ0v) is 24.8. The van der Waals surface area contributed by atoms with Crippen LogP contribution in [0.4, 0.5) is 11.4 Å². The normalized spacial score (nSPS) is 16.9. The summed E-state index contributed by atoms with van der Waals surface area (Å²) < 4.78 is 2.32. The Labute approximate surface area is 242 Å². The smallest absolute Gasteiger partial charge is 0.226 e. The van der Waals surface area contributed by atoms with E-state index in [0.717, 1.165) is 40.4 Å². The summed E-state index contributed by atoms with van der Waals surface area (Å²) in [5.74, 6) is -0.0897. The number of hydrogen-bond donors (Lipinski definition) is 2. The Hall–Kier alpha value is -3.97. The number of carbonyl (C=O) groups excluding carboxylic acids is 1. The van der Waals surface area contributed by atoms with Crippen LogP contribution >= 0.6 is 12.2 Å². The number of anilines is 2. The monoisotopic (exact) mass is 551 g/mol. The Bertz CT molecular complexity index is 1540. The molecule has 7 heteroatoms. The molecule has 206 valence electrons. The summed E-state index contributed by atoms with van der Waals surface area (Å²) in [6.07, 6.45) is 2.84. The van der Waals surface area contributed by atoms with E-state index in [1.807, 2.05) is 51.2 Å². The molecule has 2 N–H and O–H groups in total. The van der Waals surface area contributed by atoms with Crippen LogP contribution in [0.2, 0.25) is 0 Å². The molecule has 1 saturated heterocycles. The van der Waals surface area contributed by atoms with E-state index in [0.29, 0.717) is 5.11 Å². The lowest BCUT2D eigenvalue weighted by Gasteiger charge is -2.29. The van der Waals surface area contributed by atoms with Crippen molar-refractivity contribution in [3.05, 3.63) is 107 Å². The highest BCUT2D eigenvalue weighted by Gasteiger charge is 2.42. The van der Waals surface area contributed by atoms with E-state index in [2.05, 4.69) is 83.3 Å². The van der Waals surface area contributed by atoms with Gasteiger partial charge in [0.25, 0.3) is 0 Å². The number of hydrogen-bond acceptors (Lipinski definition) is 3. The Balaban J connectivity index is 1.60. The highest BCUT2D eigenvalue weighted by Crippen LogP contribution is 2.44. The molecule has 5 rings (SSSR count). The first kappa shape index (κ1) is 27.6. The molecule has 0 bridgehead atoms. The maximum atomic E-state index is 12.4. The first-order valence-electron chi connectivity index (χ1n) is 13.9. The van der Waals surface area contributed by atoms with Gasteiger partial charge in [-0.1, -0.05) is 39.0 Å². The fraction of sp³-hybridized carbons (Fsp3) is 0.303. The highest BCUT2D eigenvalue weighted by molar-refractivity contribution is 7.80. The third-order valence-electron chi connectivity index (χ3n) is 7.76. The predicted octanol–water partition coefficient (Wildman–Crippen LogP) is 7.13. The van der Waals surface area contributed by atoms with Crippen molar-refractivity contribution in [1.29, 1.82) is 0 Å². The van der Waals surface area contributed by atoms with Crippen LogP contribution in [0.3, 0.4) is 0 Å². The van der Waals surface area contributed by atoms with Gasteiger partial charge in [-0.05, 0) is 105 Å². The molecule has 1 amide bonds. The van der Waals surface area contributed by atoms with E-state index in [4.69, 9.17) is 17.2 Å². The molecular formula is C33H37N5OS. The average molecular weight is 552 g/mol. The number of nitrogens with zero attached hydrogens (tertiary/aromatic N) is 3. The van der Waals surface area contributed by atoms with Crippen LogP contribution in [-0.4, -0.2) is 20.6 Å². The van der Waals surface area contributed by atoms with Crippen molar-refractivity contribution in [2.75, 3.05) is 10.2 Å². The number of aromatic nitrogens is 2. The van der Waals surface area contributed by atoms with Crippen molar-refractivity contribution in [3.8, 4) is 5.69 Å². The van der Waals surface area contributed by atoms with Gasteiger partial charge in [0.2, 0.25) is 5.91 Å². The first-order valence-corrected chi connectivity index (χ1v) is 14.3. The van der Waals surface area contributed by atoms with E-state index in [1.165, 1.54) is 16.8 Å². The first-order chi connectivity index (χ1) is 19.2. The Kier molecular flexibility index (Phi) is 7.76. The molecule has 0 aliphatic carbocycles. The number of benzene rings is 2. The number of aryl methyl sites for hydroxylation is 3. The van der Waals surface area contributed by atoms with Gasteiger partial charge < -0.3 is 20.1 Å². The maximum absolute atomic E-state index is 12.4. The third-order valence-corrected chi connectivity index (χ3v) is 8.07. The largest absolute Gasteiger partial charge is 0.351 e. The van der Waals surface area contributed by atoms with E-state index >= 15 is 0 Å². The zero-order chi connectivity index (χ0) is 28.6. The number of amides is 1. The number of pyridine rings is 1. The van der Waals surface area contributed by atoms with Crippen LogP contribution in [-0.2, 0) is 11.2 Å². The lowest BCUT2D eigenvalue weighted by atomic mass is 9.96. The van der Waals surface area contributed by atoms with Crippen LogP contribution in [0.15, 0.2) is 72.9 Å². The summed E-state index contributed by atoms with van der Waals surface area (Å²) in [6, 6.07) is 22.9. The Morgan fingerprint density at radius 1 is 1.02 bits per heavy atom. The van der Waals surface area contributed by atoms with Gasteiger partial charge in [0.1, 0.15) is 0 Å². The van der Waals surface area contributed by atoms with Gasteiger partial charge in [-0.3, -0.25) is 9.78 Å². The second-order valence-corrected chi connectivity index (χ2v) is 11.2. The number of rotatable bonds is 7. The van der Waals surface area contributed by atoms with Crippen LogP contribution in [0.1, 0.15) is 66.6 Å². The molecule has 3 heterocycles. The minimum Gasteiger partial charge on any atom is -0.351 e. The molecule has 2 aromatic carbocycles. The Morgan fingerprint density at radius 2 is 1.75 bits per heavy atom. The molecule has 2 aromatic heterocycles.